The molecule has 0 unspecified atom stereocenters. The minimum atomic E-state index is -4.42. The Balaban J connectivity index is 1.68. The summed E-state index contributed by atoms with van der Waals surface area (Å²) in [5, 5.41) is 0. The third kappa shape index (κ3) is 4.14. The van der Waals surface area contributed by atoms with Crippen molar-refractivity contribution in [3.8, 4) is 11.1 Å². The summed E-state index contributed by atoms with van der Waals surface area (Å²) in [5.74, 6) is -1.02. The second-order valence-corrected chi connectivity index (χ2v) is 7.06. The van der Waals surface area contributed by atoms with Crippen molar-refractivity contribution in [1.82, 2.24) is 9.55 Å². The first-order chi connectivity index (χ1) is 15.3. The summed E-state index contributed by atoms with van der Waals surface area (Å²) >= 11 is 0. The quantitative estimate of drug-likeness (QED) is 0.449. The molecule has 32 heavy (non-hydrogen) atoms. The molecule has 4 aromatic rings. The van der Waals surface area contributed by atoms with Gasteiger partial charge in [0.25, 0.3) is 0 Å². The summed E-state index contributed by atoms with van der Waals surface area (Å²) in [4.78, 5) is 30.8. The Morgan fingerprint density at radius 3 is 2.44 bits per heavy atom. The predicted molar refractivity (Wildman–Crippen MR) is 113 cm³/mol. The van der Waals surface area contributed by atoms with Crippen molar-refractivity contribution in [2.75, 3.05) is 11.4 Å². The molecule has 0 spiro atoms. The average Bonchev–Trinajstić information content (AvgIpc) is 3.09. The molecule has 0 N–H and O–H groups in total. The maximum Gasteiger partial charge on any atom is 0.420 e. The molecule has 0 aliphatic rings. The summed E-state index contributed by atoms with van der Waals surface area (Å²) in [5.41, 5.74) is 1.64. The first-order valence-corrected chi connectivity index (χ1v) is 9.79. The summed E-state index contributed by atoms with van der Waals surface area (Å²) in [6.45, 7) is 1.93. The van der Waals surface area contributed by atoms with Crippen LogP contribution in [0.15, 0.2) is 76.2 Å². The van der Waals surface area contributed by atoms with Gasteiger partial charge in [0.05, 0.1) is 23.0 Å². The Morgan fingerprint density at radius 1 is 1.09 bits per heavy atom. The van der Waals surface area contributed by atoms with Crippen LogP contribution in [0.1, 0.15) is 12.5 Å². The fourth-order valence-corrected chi connectivity index (χ4v) is 3.48. The van der Waals surface area contributed by atoms with Gasteiger partial charge in [-0.2, -0.15) is 13.2 Å². The summed E-state index contributed by atoms with van der Waals surface area (Å²) < 4.78 is 45.0. The van der Waals surface area contributed by atoms with Crippen LogP contribution in [0, 0.1) is 0 Å². The first-order valence-electron chi connectivity index (χ1n) is 9.79. The van der Waals surface area contributed by atoms with Crippen molar-refractivity contribution in [3.63, 3.8) is 0 Å². The lowest BCUT2D eigenvalue weighted by Crippen LogP contribution is -2.35. The van der Waals surface area contributed by atoms with Crippen LogP contribution in [-0.2, 0) is 17.5 Å². The topological polar surface area (TPSA) is 68.3 Å². The highest BCUT2D eigenvalue weighted by Gasteiger charge is 2.30. The highest BCUT2D eigenvalue weighted by Crippen LogP contribution is 2.31. The molecular formula is C23H18F3N3O3. The number of carbonyl (C=O) groups is 1. The van der Waals surface area contributed by atoms with Gasteiger partial charge in [0.15, 0.2) is 5.58 Å². The van der Waals surface area contributed by atoms with Crippen molar-refractivity contribution in [1.29, 1.82) is 0 Å². The Labute approximate surface area is 180 Å². The Kier molecular flexibility index (Phi) is 5.56. The zero-order valence-electron chi connectivity index (χ0n) is 17.0. The molecule has 1 amide bonds. The van der Waals surface area contributed by atoms with Crippen LogP contribution >= 0.6 is 0 Å². The van der Waals surface area contributed by atoms with Gasteiger partial charge in [-0.05, 0) is 54.4 Å². The third-order valence-corrected chi connectivity index (χ3v) is 5.08. The molecule has 2 heterocycles. The normalized spacial score (nSPS) is 11.6. The molecule has 6 nitrogen and oxygen atoms in total. The molecule has 0 fully saturated rings. The highest BCUT2D eigenvalue weighted by atomic mass is 19.4. The van der Waals surface area contributed by atoms with Crippen LogP contribution in [0.3, 0.4) is 0 Å². The number of benzene rings is 2. The molecule has 2 aromatic carbocycles. The molecule has 0 saturated heterocycles. The van der Waals surface area contributed by atoms with E-state index in [1.807, 2.05) is 6.92 Å². The van der Waals surface area contributed by atoms with Gasteiger partial charge in [0.1, 0.15) is 6.54 Å². The van der Waals surface area contributed by atoms with E-state index in [4.69, 9.17) is 4.42 Å². The number of rotatable bonds is 5. The monoisotopic (exact) mass is 441 g/mol. The van der Waals surface area contributed by atoms with Crippen molar-refractivity contribution >= 4 is 22.7 Å². The standard InChI is InChI=1S/C23H18F3N3O3/c1-2-28(18-4-3-11-27-13-18)21(30)14-29-19-12-16(7-10-20(19)32-22(29)31)15-5-8-17(9-6-15)23(24,25)26/h3-13H,2,14H2,1H3. The van der Waals surface area contributed by atoms with Gasteiger partial charge in [-0.25, -0.2) is 4.79 Å². The number of aromatic nitrogens is 2. The second kappa shape index (κ2) is 8.33. The zero-order valence-corrected chi connectivity index (χ0v) is 17.0. The number of pyridine rings is 1. The lowest BCUT2D eigenvalue weighted by Gasteiger charge is -2.20. The number of anilines is 1. The Bertz CT molecular complexity index is 1310. The number of halogens is 3. The second-order valence-electron chi connectivity index (χ2n) is 7.06. The Morgan fingerprint density at radius 2 is 1.81 bits per heavy atom. The van der Waals surface area contributed by atoms with Crippen LogP contribution < -0.4 is 10.7 Å². The molecular weight excluding hydrogens is 423 g/mol. The maximum absolute atomic E-state index is 12.9. The van der Waals surface area contributed by atoms with E-state index in [1.165, 1.54) is 21.6 Å². The number of hydrogen-bond donors (Lipinski definition) is 0. The molecule has 2 aromatic heterocycles. The van der Waals surface area contributed by atoms with Crippen LogP contribution in [0.5, 0.6) is 0 Å². The minimum Gasteiger partial charge on any atom is -0.408 e. The van der Waals surface area contributed by atoms with Crippen molar-refractivity contribution in [2.24, 2.45) is 0 Å². The van der Waals surface area contributed by atoms with E-state index < -0.39 is 17.5 Å². The molecule has 9 heteroatoms. The Hall–Kier alpha value is -3.88. The smallest absolute Gasteiger partial charge is 0.408 e. The van der Waals surface area contributed by atoms with Gasteiger partial charge >= 0.3 is 11.9 Å². The number of oxazole rings is 1. The maximum atomic E-state index is 12.9. The van der Waals surface area contributed by atoms with Gasteiger partial charge in [-0.15, -0.1) is 0 Å². The van der Waals surface area contributed by atoms with Gasteiger partial charge in [-0.3, -0.25) is 14.3 Å². The van der Waals surface area contributed by atoms with Crippen LogP contribution in [0.2, 0.25) is 0 Å². The number of fused-ring (bicyclic) bond motifs is 1. The molecule has 0 saturated carbocycles. The summed E-state index contributed by atoms with van der Waals surface area (Å²) in [7, 11) is 0. The van der Waals surface area contributed by atoms with E-state index in [2.05, 4.69) is 4.98 Å². The number of nitrogens with zero attached hydrogens (tertiary/aromatic N) is 3. The van der Waals surface area contributed by atoms with Crippen molar-refractivity contribution < 1.29 is 22.4 Å². The van der Waals surface area contributed by atoms with Crippen molar-refractivity contribution in [2.45, 2.75) is 19.6 Å². The fourth-order valence-electron chi connectivity index (χ4n) is 3.48. The van der Waals surface area contributed by atoms with Gasteiger partial charge in [-0.1, -0.05) is 18.2 Å². The van der Waals surface area contributed by atoms with Crippen LogP contribution in [0.4, 0.5) is 18.9 Å². The molecule has 0 radical (unpaired) electrons. The molecule has 164 valence electrons. The van der Waals surface area contributed by atoms with Crippen LogP contribution in [-0.4, -0.2) is 22.0 Å². The zero-order chi connectivity index (χ0) is 22.9. The summed E-state index contributed by atoms with van der Waals surface area (Å²) in [6, 6.07) is 13.0. The lowest BCUT2D eigenvalue weighted by atomic mass is 10.0. The first kappa shape index (κ1) is 21.4. The molecule has 0 bridgehead atoms. The highest BCUT2D eigenvalue weighted by molar-refractivity contribution is 5.94. The van der Waals surface area contributed by atoms with E-state index in [0.29, 0.717) is 28.9 Å². The van der Waals surface area contributed by atoms with Crippen LogP contribution in [0.25, 0.3) is 22.2 Å². The molecule has 4 rings (SSSR count). The lowest BCUT2D eigenvalue weighted by molar-refractivity contribution is -0.137. The number of alkyl halides is 3. The van der Waals surface area contributed by atoms with E-state index in [0.717, 1.165) is 12.1 Å². The predicted octanol–water partition coefficient (Wildman–Crippen LogP) is 4.73. The van der Waals surface area contributed by atoms with E-state index in [9.17, 15) is 22.8 Å². The third-order valence-electron chi connectivity index (χ3n) is 5.08. The van der Waals surface area contributed by atoms with Gasteiger partial charge < -0.3 is 9.32 Å². The van der Waals surface area contributed by atoms with E-state index >= 15 is 0 Å². The van der Waals surface area contributed by atoms with Gasteiger partial charge in [0.2, 0.25) is 5.91 Å². The summed E-state index contributed by atoms with van der Waals surface area (Å²) in [6.07, 6.45) is -1.27. The SMILES string of the molecule is CCN(C(=O)Cn1c(=O)oc2ccc(-c3ccc(C(F)(F)F)cc3)cc21)c1cccnc1. The van der Waals surface area contributed by atoms with E-state index in [-0.39, 0.29) is 18.0 Å². The number of carbonyl (C=O) groups excluding carboxylic acids is 1. The van der Waals surface area contributed by atoms with Gasteiger partial charge in [0, 0.05) is 12.7 Å². The minimum absolute atomic E-state index is 0.259. The molecule has 0 aliphatic heterocycles. The number of hydrogen-bond acceptors (Lipinski definition) is 4. The number of likely N-dealkylation sites (N-methyl/N-ethyl adjacent to an activating group) is 1. The molecule has 0 aliphatic carbocycles. The fraction of sp³-hybridized carbons (Fsp3) is 0.174. The number of amides is 1. The van der Waals surface area contributed by atoms with E-state index in [1.54, 1.807) is 42.7 Å². The van der Waals surface area contributed by atoms with Crippen molar-refractivity contribution in [3.05, 3.63) is 83.1 Å². The average molecular weight is 441 g/mol. The molecule has 0 atom stereocenters. The largest absolute Gasteiger partial charge is 0.420 e.